The van der Waals surface area contributed by atoms with Gasteiger partial charge in [0.1, 0.15) is 23.7 Å². The molecule has 3 fully saturated rings. The molecule has 0 spiro atoms. The van der Waals surface area contributed by atoms with Gasteiger partial charge < -0.3 is 25.2 Å². The Morgan fingerprint density at radius 3 is 2.65 bits per heavy atom. The van der Waals surface area contributed by atoms with Crippen LogP contribution < -0.4 is 15.4 Å². The zero-order chi connectivity index (χ0) is 37.2. The van der Waals surface area contributed by atoms with Gasteiger partial charge in [-0.2, -0.15) is 0 Å². The smallest absolute Gasteiger partial charge is 0.410 e. The van der Waals surface area contributed by atoms with Crippen molar-refractivity contribution in [2.45, 2.75) is 113 Å². The topological polar surface area (TPSA) is 175 Å². The summed E-state index contributed by atoms with van der Waals surface area (Å²) in [6.45, 7) is 6.83. The Labute approximate surface area is 305 Å². The van der Waals surface area contributed by atoms with Gasteiger partial charge in [-0.3, -0.25) is 24.0 Å². The molecule has 5 aliphatic rings. The normalized spacial score (nSPS) is 28.2. The average Bonchev–Trinajstić information content (AvgIpc) is 4.01. The molecule has 0 unspecified atom stereocenters. The first-order valence-corrected chi connectivity index (χ1v) is 20.0. The molecule has 15 heteroatoms. The van der Waals surface area contributed by atoms with Crippen molar-refractivity contribution in [3.05, 3.63) is 53.6 Å². The van der Waals surface area contributed by atoms with E-state index in [4.69, 9.17) is 4.74 Å². The summed E-state index contributed by atoms with van der Waals surface area (Å²) in [4.78, 5) is 73.4. The van der Waals surface area contributed by atoms with Crippen molar-refractivity contribution in [1.29, 1.82) is 0 Å². The maximum atomic E-state index is 14.4. The van der Waals surface area contributed by atoms with E-state index in [2.05, 4.69) is 34.1 Å². The van der Waals surface area contributed by atoms with Crippen molar-refractivity contribution < 1.29 is 37.1 Å². The molecule has 6 amide bonds. The van der Waals surface area contributed by atoms with Crippen molar-refractivity contribution in [2.75, 3.05) is 20.1 Å². The number of ether oxygens (including phenoxy) is 1. The lowest BCUT2D eigenvalue weighted by molar-refractivity contribution is -0.141. The molecule has 3 heterocycles. The van der Waals surface area contributed by atoms with E-state index in [9.17, 15) is 32.4 Å². The molecule has 2 saturated carbocycles. The lowest BCUT2D eigenvalue weighted by Crippen LogP contribution is -2.58. The number of fused-ring (bicyclic) bond motifs is 3. The first-order chi connectivity index (χ1) is 24.9. The Morgan fingerprint density at radius 1 is 1.15 bits per heavy atom. The molecular weight excluding hydrogens is 689 g/mol. The van der Waals surface area contributed by atoms with E-state index in [1.54, 1.807) is 16.8 Å². The molecular formula is C37H50N6O8S. The lowest BCUT2D eigenvalue weighted by atomic mass is 10.0. The number of carbonyl (C=O) groups excluding carboxylic acids is 5. The number of unbranched alkanes of at least 4 members (excludes halogenated alkanes) is 1. The number of allylic oxidation sites excluding steroid dienone is 1. The van der Waals surface area contributed by atoms with Crippen LogP contribution in [-0.4, -0.2) is 102 Å². The van der Waals surface area contributed by atoms with E-state index in [1.165, 1.54) is 11.0 Å². The molecule has 0 aromatic heterocycles. The van der Waals surface area contributed by atoms with Gasteiger partial charge in [-0.05, 0) is 61.6 Å². The molecule has 1 aromatic rings. The molecule has 3 aliphatic heterocycles. The van der Waals surface area contributed by atoms with Gasteiger partial charge in [-0.25, -0.2) is 18.0 Å². The molecule has 4 bridgehead atoms. The number of carbonyl (C=O) groups is 5. The van der Waals surface area contributed by atoms with Crippen LogP contribution in [0.5, 0.6) is 0 Å². The van der Waals surface area contributed by atoms with Crippen molar-refractivity contribution in [3.8, 4) is 0 Å². The van der Waals surface area contributed by atoms with Crippen molar-refractivity contribution in [1.82, 2.24) is 30.1 Å². The molecule has 0 radical (unpaired) electrons. The van der Waals surface area contributed by atoms with Crippen LogP contribution in [0.3, 0.4) is 0 Å². The fourth-order valence-corrected chi connectivity index (χ4v) is 8.76. The third kappa shape index (κ3) is 7.98. The van der Waals surface area contributed by atoms with Crippen LogP contribution in [0.2, 0.25) is 0 Å². The monoisotopic (exact) mass is 738 g/mol. The minimum absolute atomic E-state index is 0.0523. The molecule has 14 nitrogen and oxygen atoms in total. The number of benzene rings is 1. The van der Waals surface area contributed by atoms with Crippen LogP contribution >= 0.6 is 0 Å². The summed E-state index contributed by atoms with van der Waals surface area (Å²) >= 11 is 0. The van der Waals surface area contributed by atoms with Crippen LogP contribution in [0.1, 0.15) is 87.8 Å². The highest BCUT2D eigenvalue weighted by Crippen LogP contribution is 2.45. The zero-order valence-electron chi connectivity index (χ0n) is 30.0. The van der Waals surface area contributed by atoms with Crippen LogP contribution in [0, 0.1) is 5.92 Å². The Hall–Kier alpha value is -4.40. The van der Waals surface area contributed by atoms with Gasteiger partial charge in [-0.1, -0.05) is 56.2 Å². The lowest BCUT2D eigenvalue weighted by Gasteiger charge is -2.30. The molecule has 282 valence electrons. The number of nitrogens with zero attached hydrogens (tertiary/aromatic N) is 3. The van der Waals surface area contributed by atoms with E-state index in [0.717, 1.165) is 42.4 Å². The average molecular weight is 739 g/mol. The maximum Gasteiger partial charge on any atom is 0.410 e. The van der Waals surface area contributed by atoms with Crippen LogP contribution in [0.4, 0.5) is 9.59 Å². The number of nitrogens with one attached hydrogen (secondary N) is 3. The maximum absolute atomic E-state index is 14.4. The third-order valence-electron chi connectivity index (χ3n) is 10.8. The van der Waals surface area contributed by atoms with E-state index >= 15 is 0 Å². The molecule has 1 saturated heterocycles. The molecule has 5 atom stereocenters. The SMILES string of the molecule is C=C[C@@H]1C[C@]1(NC(=O)[C@@H]1C[C@@H]2CN1C(=O)[C@H](CCCC)NC(=O)N(C)CCCCC=Cc1cccc3c1CN(C3)C(=O)O2)C(=O)NS(=O)(=O)C1CC1. The first kappa shape index (κ1) is 37.4. The summed E-state index contributed by atoms with van der Waals surface area (Å²) in [5.74, 6) is -2.56. The molecule has 6 rings (SSSR count). The Bertz CT molecular complexity index is 1740. The summed E-state index contributed by atoms with van der Waals surface area (Å²) in [6, 6.07) is 3.42. The highest BCUT2D eigenvalue weighted by molar-refractivity contribution is 7.91. The number of amides is 6. The molecule has 52 heavy (non-hydrogen) atoms. The van der Waals surface area contributed by atoms with Crippen LogP contribution in [0.15, 0.2) is 36.9 Å². The predicted molar refractivity (Wildman–Crippen MR) is 193 cm³/mol. The Balaban J connectivity index is 1.27. The second-order valence-corrected chi connectivity index (χ2v) is 16.7. The first-order valence-electron chi connectivity index (χ1n) is 18.4. The molecule has 2 aliphatic carbocycles. The quantitative estimate of drug-likeness (QED) is 0.324. The van der Waals surface area contributed by atoms with Crippen molar-refractivity contribution in [3.63, 3.8) is 0 Å². The van der Waals surface area contributed by atoms with Gasteiger partial charge in [0.25, 0.3) is 5.91 Å². The predicted octanol–water partition coefficient (Wildman–Crippen LogP) is 3.17. The number of hydrogen-bond donors (Lipinski definition) is 3. The van der Waals surface area contributed by atoms with Gasteiger partial charge in [0.05, 0.1) is 18.3 Å². The minimum Gasteiger partial charge on any atom is -0.444 e. The minimum atomic E-state index is -3.90. The number of sulfonamides is 1. The summed E-state index contributed by atoms with van der Waals surface area (Å²) in [5.41, 5.74) is 1.52. The van der Waals surface area contributed by atoms with Crippen molar-refractivity contribution in [2.24, 2.45) is 5.92 Å². The van der Waals surface area contributed by atoms with Gasteiger partial charge in [0.15, 0.2) is 0 Å². The molecule has 1 aromatic carbocycles. The van der Waals surface area contributed by atoms with Crippen molar-refractivity contribution >= 4 is 45.9 Å². The summed E-state index contributed by atoms with van der Waals surface area (Å²) in [7, 11) is -2.22. The van der Waals surface area contributed by atoms with Gasteiger partial charge in [0, 0.05) is 32.5 Å². The fraction of sp³-hybridized carbons (Fsp3) is 0.595. The third-order valence-corrected chi connectivity index (χ3v) is 12.7. The van der Waals surface area contributed by atoms with Gasteiger partial charge in [0.2, 0.25) is 21.8 Å². The highest BCUT2D eigenvalue weighted by Gasteiger charge is 2.62. The highest BCUT2D eigenvalue weighted by atomic mass is 32.2. The van der Waals surface area contributed by atoms with E-state index < -0.39 is 74.8 Å². The van der Waals surface area contributed by atoms with Crippen LogP contribution in [0.25, 0.3) is 6.08 Å². The summed E-state index contributed by atoms with van der Waals surface area (Å²) in [5, 5.41) is 5.00. The molecule has 3 N–H and O–H groups in total. The van der Waals surface area contributed by atoms with E-state index in [0.29, 0.717) is 45.3 Å². The van der Waals surface area contributed by atoms with E-state index in [-0.39, 0.29) is 19.4 Å². The number of hydrogen-bond acceptors (Lipinski definition) is 8. The largest absolute Gasteiger partial charge is 0.444 e. The second kappa shape index (κ2) is 15.3. The summed E-state index contributed by atoms with van der Waals surface area (Å²) < 4.78 is 33.4. The second-order valence-electron chi connectivity index (χ2n) is 14.7. The standard InChI is InChI=1S/C37H50N6O8S/c1-4-6-15-30-33(45)43-22-27(19-31(43)32(44)39-37(20-26(37)5-2)34(46)40-52(49,50)28-16-17-28)51-36(48)42-21-25-14-11-13-24(29(25)23-42)12-9-7-8-10-18-41(3)35(47)38-30/h5,9,11-14,26-28,30-31H,2,4,6-8,10,15-23H2,1,3H3,(H,38,47)(H,39,44)(H,40,46)/t26-,27-,30+,31+,37-/m1/s1. The number of urea groups is 1. The Morgan fingerprint density at radius 2 is 1.94 bits per heavy atom. The van der Waals surface area contributed by atoms with E-state index in [1.807, 2.05) is 25.1 Å². The van der Waals surface area contributed by atoms with Gasteiger partial charge >= 0.3 is 12.1 Å². The van der Waals surface area contributed by atoms with Crippen LogP contribution in [-0.2, 0) is 42.2 Å². The van der Waals surface area contributed by atoms with Gasteiger partial charge in [-0.15, -0.1) is 6.58 Å². The number of rotatable bonds is 9. The fourth-order valence-electron chi connectivity index (χ4n) is 7.39. The zero-order valence-corrected chi connectivity index (χ0v) is 30.8. The summed E-state index contributed by atoms with van der Waals surface area (Å²) in [6.07, 6.45) is 9.37. The Kier molecular flexibility index (Phi) is 11.0.